The molecule has 2 aromatic rings. The van der Waals surface area contributed by atoms with Gasteiger partial charge in [-0.1, -0.05) is 40.2 Å². The van der Waals surface area contributed by atoms with Gasteiger partial charge < -0.3 is 0 Å². The van der Waals surface area contributed by atoms with Crippen LogP contribution in [0, 0.1) is 7.11 Å². The van der Waals surface area contributed by atoms with Gasteiger partial charge in [-0.2, -0.15) is 8.42 Å². The lowest BCUT2D eigenvalue weighted by molar-refractivity contribution is 0.438. The lowest BCUT2D eigenvalue weighted by Crippen LogP contribution is -2.01. The topological polar surface area (TPSA) is 43.4 Å². The van der Waals surface area contributed by atoms with Gasteiger partial charge in [0.05, 0.1) is 12.0 Å². The molecule has 0 saturated carbocycles. The molecule has 0 heterocycles. The SMILES string of the molecule is [CH2]OS(=O)(=O)c1cc(Br)c2ccccc2c1. The van der Waals surface area contributed by atoms with E-state index in [-0.39, 0.29) is 4.90 Å². The van der Waals surface area contributed by atoms with Gasteiger partial charge in [0, 0.05) is 4.47 Å². The van der Waals surface area contributed by atoms with Crippen molar-refractivity contribution < 1.29 is 12.6 Å². The van der Waals surface area contributed by atoms with Crippen LogP contribution in [0.3, 0.4) is 0 Å². The maximum absolute atomic E-state index is 11.5. The summed E-state index contributed by atoms with van der Waals surface area (Å²) >= 11 is 3.33. The molecule has 5 heteroatoms. The quantitative estimate of drug-likeness (QED) is 0.800. The molecule has 2 rings (SSSR count). The molecule has 0 aliphatic carbocycles. The Morgan fingerprint density at radius 3 is 2.56 bits per heavy atom. The van der Waals surface area contributed by atoms with E-state index >= 15 is 0 Å². The Hall–Kier alpha value is -0.910. The van der Waals surface area contributed by atoms with Crippen LogP contribution in [0.15, 0.2) is 45.8 Å². The first kappa shape index (κ1) is 11.6. The van der Waals surface area contributed by atoms with E-state index in [2.05, 4.69) is 27.2 Å². The second-order valence-corrected chi connectivity index (χ2v) is 5.67. The number of hydrogen-bond donors (Lipinski definition) is 0. The first-order valence-corrected chi connectivity index (χ1v) is 6.62. The Morgan fingerprint density at radius 1 is 1.19 bits per heavy atom. The van der Waals surface area contributed by atoms with E-state index in [1.807, 2.05) is 24.3 Å². The third kappa shape index (κ3) is 1.98. The number of halogens is 1. The number of benzene rings is 2. The summed E-state index contributed by atoms with van der Waals surface area (Å²) in [5.74, 6) is 0. The Bertz CT molecular complexity index is 635. The average Bonchev–Trinajstić information content (AvgIpc) is 2.29. The van der Waals surface area contributed by atoms with Crippen LogP contribution in [-0.2, 0) is 14.3 Å². The summed E-state index contributed by atoms with van der Waals surface area (Å²) in [6.07, 6.45) is 0. The van der Waals surface area contributed by atoms with E-state index in [0.717, 1.165) is 10.8 Å². The van der Waals surface area contributed by atoms with Crippen molar-refractivity contribution in [3.8, 4) is 0 Å². The highest BCUT2D eigenvalue weighted by Crippen LogP contribution is 2.28. The average molecular weight is 300 g/mol. The maximum Gasteiger partial charge on any atom is 0.297 e. The van der Waals surface area contributed by atoms with Crippen molar-refractivity contribution in [2.45, 2.75) is 4.90 Å². The Kier molecular flexibility index (Phi) is 3.01. The van der Waals surface area contributed by atoms with Crippen LogP contribution in [0.25, 0.3) is 10.8 Å². The van der Waals surface area contributed by atoms with Crippen LogP contribution in [0.4, 0.5) is 0 Å². The van der Waals surface area contributed by atoms with Crippen molar-refractivity contribution in [3.63, 3.8) is 0 Å². The predicted octanol–water partition coefficient (Wildman–Crippen LogP) is 3.10. The fourth-order valence-electron chi connectivity index (χ4n) is 1.45. The van der Waals surface area contributed by atoms with Gasteiger partial charge in [-0.25, -0.2) is 0 Å². The van der Waals surface area contributed by atoms with E-state index in [1.54, 1.807) is 6.07 Å². The van der Waals surface area contributed by atoms with E-state index in [0.29, 0.717) is 4.47 Å². The Morgan fingerprint density at radius 2 is 1.88 bits per heavy atom. The normalized spacial score (nSPS) is 11.9. The lowest BCUT2D eigenvalue weighted by Gasteiger charge is -2.05. The molecule has 1 radical (unpaired) electrons. The minimum atomic E-state index is -3.75. The fraction of sp³-hybridized carbons (Fsp3) is 0. The summed E-state index contributed by atoms with van der Waals surface area (Å²) in [4.78, 5) is 0.0908. The smallest absolute Gasteiger partial charge is 0.264 e. The van der Waals surface area contributed by atoms with Gasteiger partial charge in [0.2, 0.25) is 0 Å². The molecule has 3 nitrogen and oxygen atoms in total. The molecule has 0 spiro atoms. The molecule has 0 amide bonds. The Balaban J connectivity index is 2.77. The molecular formula is C11H8BrO3S. The Labute approximate surface area is 102 Å². The first-order valence-electron chi connectivity index (χ1n) is 4.41. The first-order chi connectivity index (χ1) is 7.54. The molecule has 0 atom stereocenters. The molecule has 0 unspecified atom stereocenters. The van der Waals surface area contributed by atoms with Crippen molar-refractivity contribution in [1.82, 2.24) is 0 Å². The summed E-state index contributed by atoms with van der Waals surface area (Å²) in [6, 6.07) is 10.5. The second-order valence-electron chi connectivity index (χ2n) is 3.20. The number of fused-ring (bicyclic) bond motifs is 1. The molecule has 2 aromatic carbocycles. The molecule has 0 fully saturated rings. The zero-order chi connectivity index (χ0) is 11.8. The summed E-state index contributed by atoms with van der Waals surface area (Å²) in [7, 11) is -0.813. The molecule has 0 aromatic heterocycles. The molecule has 83 valence electrons. The second kappa shape index (κ2) is 4.16. The lowest BCUT2D eigenvalue weighted by atomic mass is 10.1. The molecule has 0 saturated heterocycles. The van der Waals surface area contributed by atoms with Crippen LogP contribution in [-0.4, -0.2) is 8.42 Å². The highest BCUT2D eigenvalue weighted by atomic mass is 79.9. The third-order valence-corrected chi connectivity index (χ3v) is 4.01. The minimum absolute atomic E-state index is 0.0908. The summed E-state index contributed by atoms with van der Waals surface area (Å²) < 4.78 is 27.9. The molecule has 0 aliphatic rings. The van der Waals surface area contributed by atoms with Crippen LogP contribution in [0.5, 0.6) is 0 Å². The van der Waals surface area contributed by atoms with Gasteiger partial charge in [0.15, 0.2) is 0 Å². The molecule has 0 bridgehead atoms. The van der Waals surface area contributed by atoms with Crippen molar-refractivity contribution in [3.05, 3.63) is 48.0 Å². The van der Waals surface area contributed by atoms with Crippen LogP contribution < -0.4 is 0 Å². The van der Waals surface area contributed by atoms with Gasteiger partial charge in [-0.15, -0.1) is 0 Å². The van der Waals surface area contributed by atoms with Gasteiger partial charge in [-0.05, 0) is 22.9 Å². The summed E-state index contributed by atoms with van der Waals surface area (Å²) in [5, 5.41) is 1.78. The van der Waals surface area contributed by atoms with Gasteiger partial charge in [0.25, 0.3) is 10.1 Å². The molecular weight excluding hydrogens is 292 g/mol. The maximum atomic E-state index is 11.5. The molecule has 0 aliphatic heterocycles. The highest BCUT2D eigenvalue weighted by molar-refractivity contribution is 9.10. The van der Waals surface area contributed by atoms with Gasteiger partial charge >= 0.3 is 0 Å². The van der Waals surface area contributed by atoms with Crippen molar-refractivity contribution >= 4 is 36.8 Å². The largest absolute Gasteiger partial charge is 0.297 e. The van der Waals surface area contributed by atoms with Crippen LogP contribution in [0.2, 0.25) is 0 Å². The van der Waals surface area contributed by atoms with Crippen molar-refractivity contribution in [1.29, 1.82) is 0 Å². The van der Waals surface area contributed by atoms with Crippen molar-refractivity contribution in [2.24, 2.45) is 0 Å². The van der Waals surface area contributed by atoms with E-state index in [9.17, 15) is 8.42 Å². The highest BCUT2D eigenvalue weighted by Gasteiger charge is 2.14. The zero-order valence-corrected chi connectivity index (χ0v) is 10.6. The van der Waals surface area contributed by atoms with E-state index in [1.165, 1.54) is 6.07 Å². The summed E-state index contributed by atoms with van der Waals surface area (Å²) in [5.41, 5.74) is 0. The minimum Gasteiger partial charge on any atom is -0.264 e. The zero-order valence-electron chi connectivity index (χ0n) is 8.18. The fourth-order valence-corrected chi connectivity index (χ4v) is 2.88. The molecule has 0 N–H and O–H groups in total. The molecule has 16 heavy (non-hydrogen) atoms. The van der Waals surface area contributed by atoms with Gasteiger partial charge in [0.1, 0.15) is 0 Å². The van der Waals surface area contributed by atoms with E-state index < -0.39 is 10.1 Å². The standard InChI is InChI=1S/C11H8BrO3S/c1-15-16(13,14)9-6-8-4-2-3-5-10(8)11(12)7-9/h2-7H,1H2. The van der Waals surface area contributed by atoms with Crippen LogP contribution in [0.1, 0.15) is 0 Å². The van der Waals surface area contributed by atoms with Crippen molar-refractivity contribution in [2.75, 3.05) is 0 Å². The monoisotopic (exact) mass is 299 g/mol. The number of hydrogen-bond acceptors (Lipinski definition) is 3. The van der Waals surface area contributed by atoms with Gasteiger partial charge in [-0.3, -0.25) is 4.18 Å². The summed E-state index contributed by atoms with van der Waals surface area (Å²) in [6.45, 7) is 0. The predicted molar refractivity (Wildman–Crippen MR) is 65.3 cm³/mol. The third-order valence-electron chi connectivity index (χ3n) is 2.23. The van der Waals surface area contributed by atoms with Crippen LogP contribution >= 0.6 is 15.9 Å². The van der Waals surface area contributed by atoms with E-state index in [4.69, 9.17) is 0 Å². The number of rotatable bonds is 2.